The van der Waals surface area contributed by atoms with Gasteiger partial charge < -0.3 is 15.1 Å². The van der Waals surface area contributed by atoms with Crippen LogP contribution in [0.2, 0.25) is 0 Å². The number of aliphatic imine (C=N–C) groups is 1. The average molecular weight is 369 g/mol. The first kappa shape index (κ1) is 19.4. The molecule has 0 amide bonds. The van der Waals surface area contributed by atoms with Crippen molar-refractivity contribution in [1.82, 2.24) is 24.9 Å². The Bertz CT molecular complexity index is 764. The summed E-state index contributed by atoms with van der Waals surface area (Å²) >= 11 is 0. The molecular formula is C21H32N6. The van der Waals surface area contributed by atoms with Gasteiger partial charge in [0.2, 0.25) is 0 Å². The summed E-state index contributed by atoms with van der Waals surface area (Å²) in [6.45, 7) is 6.69. The standard InChI is InChI=1S/C21H32N6/c1-5-22-21(23-12-17-8-6-7-9-18(17)14-25(2)3)27-11-10-19(16-27)20-13-24-26(4)15-20/h6-9,13,15,19H,5,10-12,14,16H2,1-4H3,(H,22,23). The minimum absolute atomic E-state index is 0.531. The van der Waals surface area contributed by atoms with Gasteiger partial charge in [0.25, 0.3) is 0 Å². The highest BCUT2D eigenvalue weighted by Crippen LogP contribution is 2.26. The van der Waals surface area contributed by atoms with Gasteiger partial charge in [-0.3, -0.25) is 4.68 Å². The fourth-order valence-corrected chi connectivity index (χ4v) is 3.67. The summed E-state index contributed by atoms with van der Waals surface area (Å²) in [6.07, 6.45) is 5.28. The van der Waals surface area contributed by atoms with Gasteiger partial charge in [-0.25, -0.2) is 4.99 Å². The monoisotopic (exact) mass is 368 g/mol. The second-order valence-electron chi connectivity index (χ2n) is 7.56. The predicted molar refractivity (Wildman–Crippen MR) is 111 cm³/mol. The van der Waals surface area contributed by atoms with Crippen LogP contribution in [0.25, 0.3) is 0 Å². The van der Waals surface area contributed by atoms with Gasteiger partial charge in [0.1, 0.15) is 0 Å². The van der Waals surface area contributed by atoms with Crippen LogP contribution in [0.1, 0.15) is 36.0 Å². The molecule has 0 aliphatic carbocycles. The van der Waals surface area contributed by atoms with Crippen molar-refractivity contribution in [2.45, 2.75) is 32.4 Å². The Balaban J connectivity index is 1.70. The zero-order valence-corrected chi connectivity index (χ0v) is 17.0. The van der Waals surface area contributed by atoms with Crippen molar-refractivity contribution in [2.24, 2.45) is 12.0 Å². The first-order chi connectivity index (χ1) is 13.1. The summed E-state index contributed by atoms with van der Waals surface area (Å²) in [6, 6.07) is 8.60. The minimum Gasteiger partial charge on any atom is -0.357 e. The topological polar surface area (TPSA) is 48.7 Å². The van der Waals surface area contributed by atoms with Crippen molar-refractivity contribution in [3.8, 4) is 0 Å². The lowest BCUT2D eigenvalue weighted by atomic mass is 10.0. The Morgan fingerprint density at radius 1 is 1.30 bits per heavy atom. The summed E-state index contributed by atoms with van der Waals surface area (Å²) in [5.41, 5.74) is 3.97. The molecule has 1 saturated heterocycles. The van der Waals surface area contributed by atoms with Gasteiger partial charge in [0.15, 0.2) is 5.96 Å². The highest BCUT2D eigenvalue weighted by Gasteiger charge is 2.26. The van der Waals surface area contributed by atoms with Gasteiger partial charge in [-0.05, 0) is 44.1 Å². The predicted octanol–water partition coefficient (Wildman–Crippen LogP) is 2.44. The van der Waals surface area contributed by atoms with Crippen LogP contribution in [0.3, 0.4) is 0 Å². The molecule has 1 N–H and O–H groups in total. The van der Waals surface area contributed by atoms with Crippen LogP contribution >= 0.6 is 0 Å². The normalized spacial score (nSPS) is 17.7. The molecule has 1 unspecified atom stereocenters. The van der Waals surface area contributed by atoms with Crippen molar-refractivity contribution in [2.75, 3.05) is 33.7 Å². The molecule has 2 heterocycles. The molecule has 1 aliphatic heterocycles. The molecule has 1 aromatic carbocycles. The first-order valence-corrected chi connectivity index (χ1v) is 9.80. The third-order valence-corrected chi connectivity index (χ3v) is 5.02. The van der Waals surface area contributed by atoms with Crippen molar-refractivity contribution in [3.63, 3.8) is 0 Å². The zero-order valence-electron chi connectivity index (χ0n) is 17.0. The van der Waals surface area contributed by atoms with Gasteiger partial charge in [0, 0.05) is 45.3 Å². The number of aromatic nitrogens is 2. The number of hydrogen-bond acceptors (Lipinski definition) is 3. The van der Waals surface area contributed by atoms with Gasteiger partial charge >= 0.3 is 0 Å². The summed E-state index contributed by atoms with van der Waals surface area (Å²) < 4.78 is 1.89. The lowest BCUT2D eigenvalue weighted by Gasteiger charge is -2.22. The fraction of sp³-hybridized carbons (Fsp3) is 0.524. The largest absolute Gasteiger partial charge is 0.357 e. The van der Waals surface area contributed by atoms with Crippen molar-refractivity contribution in [1.29, 1.82) is 0 Å². The lowest BCUT2D eigenvalue weighted by Crippen LogP contribution is -2.40. The second-order valence-corrected chi connectivity index (χ2v) is 7.56. The van der Waals surface area contributed by atoms with Crippen LogP contribution in [-0.4, -0.2) is 59.3 Å². The van der Waals surface area contributed by atoms with E-state index in [0.717, 1.165) is 38.6 Å². The maximum absolute atomic E-state index is 4.96. The lowest BCUT2D eigenvalue weighted by molar-refractivity contribution is 0.401. The molecule has 0 bridgehead atoms. The van der Waals surface area contributed by atoms with Crippen LogP contribution in [0.4, 0.5) is 0 Å². The molecule has 3 rings (SSSR count). The van der Waals surface area contributed by atoms with Gasteiger partial charge in [-0.15, -0.1) is 0 Å². The quantitative estimate of drug-likeness (QED) is 0.628. The molecule has 0 spiro atoms. The van der Waals surface area contributed by atoms with Gasteiger partial charge in [-0.1, -0.05) is 24.3 Å². The molecule has 0 saturated carbocycles. The third kappa shape index (κ3) is 5.10. The maximum atomic E-state index is 4.96. The van der Waals surface area contributed by atoms with E-state index in [-0.39, 0.29) is 0 Å². The highest BCUT2D eigenvalue weighted by molar-refractivity contribution is 5.80. The Labute approximate surface area is 162 Å². The van der Waals surface area contributed by atoms with E-state index in [0.29, 0.717) is 12.5 Å². The number of benzene rings is 1. The van der Waals surface area contributed by atoms with Crippen molar-refractivity contribution < 1.29 is 0 Å². The molecule has 0 radical (unpaired) electrons. The number of aryl methyl sites for hydroxylation is 1. The number of guanidine groups is 1. The van der Waals surface area contributed by atoms with Crippen LogP contribution in [0.5, 0.6) is 0 Å². The summed E-state index contributed by atoms with van der Waals surface area (Å²) in [5, 5.41) is 7.80. The van der Waals surface area contributed by atoms with Crippen LogP contribution in [-0.2, 0) is 20.1 Å². The van der Waals surface area contributed by atoms with Crippen LogP contribution in [0.15, 0.2) is 41.7 Å². The van der Waals surface area contributed by atoms with E-state index in [4.69, 9.17) is 4.99 Å². The number of rotatable bonds is 6. The van der Waals surface area contributed by atoms with E-state index in [1.54, 1.807) is 0 Å². The van der Waals surface area contributed by atoms with E-state index in [9.17, 15) is 0 Å². The molecule has 1 atom stereocenters. The summed E-state index contributed by atoms with van der Waals surface area (Å²) in [7, 11) is 6.19. The Hall–Kier alpha value is -2.34. The molecule has 27 heavy (non-hydrogen) atoms. The summed E-state index contributed by atoms with van der Waals surface area (Å²) in [5.74, 6) is 1.55. The van der Waals surface area contributed by atoms with Crippen LogP contribution < -0.4 is 5.32 Å². The number of likely N-dealkylation sites (tertiary alicyclic amines) is 1. The Morgan fingerprint density at radius 3 is 2.74 bits per heavy atom. The molecule has 1 fully saturated rings. The first-order valence-electron chi connectivity index (χ1n) is 9.80. The molecule has 1 aliphatic rings. The molecule has 1 aromatic heterocycles. The van der Waals surface area contributed by atoms with Gasteiger partial charge in [-0.2, -0.15) is 5.10 Å². The Kier molecular flexibility index (Phi) is 6.50. The fourth-order valence-electron chi connectivity index (χ4n) is 3.67. The maximum Gasteiger partial charge on any atom is 0.194 e. The van der Waals surface area contributed by atoms with E-state index in [1.165, 1.54) is 16.7 Å². The van der Waals surface area contributed by atoms with E-state index in [1.807, 2.05) is 17.9 Å². The van der Waals surface area contributed by atoms with Gasteiger partial charge in [0.05, 0.1) is 12.7 Å². The molecule has 6 nitrogen and oxygen atoms in total. The second kappa shape index (κ2) is 9.04. The average Bonchev–Trinajstić information content (AvgIpc) is 3.28. The number of hydrogen-bond donors (Lipinski definition) is 1. The Morgan fingerprint density at radius 2 is 2.07 bits per heavy atom. The SMILES string of the molecule is CCNC(=NCc1ccccc1CN(C)C)N1CCC(c2cnn(C)c2)C1. The minimum atomic E-state index is 0.531. The molecular weight excluding hydrogens is 336 g/mol. The van der Waals surface area contributed by atoms with Crippen LogP contribution in [0, 0.1) is 0 Å². The molecule has 2 aromatic rings. The number of nitrogens with zero attached hydrogens (tertiary/aromatic N) is 5. The third-order valence-electron chi connectivity index (χ3n) is 5.02. The zero-order chi connectivity index (χ0) is 19.2. The van der Waals surface area contributed by atoms with E-state index >= 15 is 0 Å². The molecule has 146 valence electrons. The molecule has 6 heteroatoms. The smallest absolute Gasteiger partial charge is 0.194 e. The number of nitrogens with one attached hydrogen (secondary N) is 1. The van der Waals surface area contributed by atoms with Crippen molar-refractivity contribution in [3.05, 3.63) is 53.3 Å². The van der Waals surface area contributed by atoms with E-state index in [2.05, 4.69) is 71.7 Å². The highest BCUT2D eigenvalue weighted by atomic mass is 15.3. The van der Waals surface area contributed by atoms with Crippen molar-refractivity contribution >= 4 is 5.96 Å². The summed E-state index contributed by atoms with van der Waals surface area (Å²) in [4.78, 5) is 9.54. The van der Waals surface area contributed by atoms with E-state index < -0.39 is 0 Å².